The molecule has 0 spiro atoms. The molecule has 0 aliphatic heterocycles. The molecule has 100 valence electrons. The van der Waals surface area contributed by atoms with E-state index in [1.807, 2.05) is 18.2 Å². The van der Waals surface area contributed by atoms with Crippen LogP contribution in [0.5, 0.6) is 0 Å². The molecule has 1 aliphatic rings. The lowest BCUT2D eigenvalue weighted by atomic mass is 9.76. The van der Waals surface area contributed by atoms with Gasteiger partial charge < -0.3 is 5.11 Å². The quantitative estimate of drug-likeness (QED) is 0.791. The standard InChI is InChI=1S/C15H20BrClO/c1-2-10-4-3-5-11(8-10)15(18)13-7-6-12(16)9-14(13)17/h6-7,9-11,15,18H,2-5,8H2,1H3. The van der Waals surface area contributed by atoms with Crippen LogP contribution >= 0.6 is 27.5 Å². The molecule has 1 aromatic carbocycles. The summed E-state index contributed by atoms with van der Waals surface area (Å²) >= 11 is 9.62. The number of hydrogen-bond donors (Lipinski definition) is 1. The van der Waals surface area contributed by atoms with Gasteiger partial charge in [-0.05, 0) is 42.4 Å². The average molecular weight is 332 g/mol. The molecule has 0 aromatic heterocycles. The van der Waals surface area contributed by atoms with Gasteiger partial charge in [-0.2, -0.15) is 0 Å². The fourth-order valence-corrected chi connectivity index (χ4v) is 3.77. The molecule has 0 saturated heterocycles. The highest BCUT2D eigenvalue weighted by atomic mass is 79.9. The SMILES string of the molecule is CCC1CCCC(C(O)c2ccc(Br)cc2Cl)C1. The van der Waals surface area contributed by atoms with Crippen LogP contribution < -0.4 is 0 Å². The molecule has 0 heterocycles. The van der Waals surface area contributed by atoms with Crippen molar-refractivity contribution in [3.05, 3.63) is 33.3 Å². The summed E-state index contributed by atoms with van der Waals surface area (Å²) in [6.07, 6.45) is 5.59. The van der Waals surface area contributed by atoms with Gasteiger partial charge in [-0.3, -0.25) is 0 Å². The smallest absolute Gasteiger partial charge is 0.0832 e. The van der Waals surface area contributed by atoms with Crippen LogP contribution in [-0.2, 0) is 0 Å². The van der Waals surface area contributed by atoms with Gasteiger partial charge in [0.2, 0.25) is 0 Å². The highest BCUT2D eigenvalue weighted by molar-refractivity contribution is 9.10. The van der Waals surface area contributed by atoms with Gasteiger partial charge in [-0.15, -0.1) is 0 Å². The van der Waals surface area contributed by atoms with Crippen LogP contribution in [0.2, 0.25) is 5.02 Å². The maximum Gasteiger partial charge on any atom is 0.0832 e. The van der Waals surface area contributed by atoms with Gasteiger partial charge in [0.1, 0.15) is 0 Å². The topological polar surface area (TPSA) is 20.2 Å². The summed E-state index contributed by atoms with van der Waals surface area (Å²) in [6.45, 7) is 2.24. The van der Waals surface area contributed by atoms with Gasteiger partial charge in [0.15, 0.2) is 0 Å². The molecular formula is C15H20BrClO. The summed E-state index contributed by atoms with van der Waals surface area (Å²) in [4.78, 5) is 0. The van der Waals surface area contributed by atoms with Gasteiger partial charge in [-0.1, -0.05) is 59.8 Å². The van der Waals surface area contributed by atoms with Crippen molar-refractivity contribution in [3.63, 3.8) is 0 Å². The predicted octanol–water partition coefficient (Wildman–Crippen LogP) is 5.35. The molecule has 1 N–H and O–H groups in total. The molecule has 3 heteroatoms. The zero-order valence-electron chi connectivity index (χ0n) is 10.7. The number of hydrogen-bond acceptors (Lipinski definition) is 1. The number of aliphatic hydroxyl groups is 1. The Morgan fingerprint density at radius 1 is 1.44 bits per heavy atom. The van der Waals surface area contributed by atoms with E-state index in [2.05, 4.69) is 22.9 Å². The predicted molar refractivity (Wildman–Crippen MR) is 79.9 cm³/mol. The summed E-state index contributed by atoms with van der Waals surface area (Å²) in [5, 5.41) is 11.2. The first kappa shape index (κ1) is 14.4. The minimum Gasteiger partial charge on any atom is -0.388 e. The highest BCUT2D eigenvalue weighted by Gasteiger charge is 2.28. The first-order valence-corrected chi connectivity index (χ1v) is 7.92. The maximum absolute atomic E-state index is 10.5. The third kappa shape index (κ3) is 3.28. The first-order chi connectivity index (χ1) is 8.61. The van der Waals surface area contributed by atoms with Crippen molar-refractivity contribution in [2.24, 2.45) is 11.8 Å². The van der Waals surface area contributed by atoms with Crippen molar-refractivity contribution >= 4 is 27.5 Å². The second kappa shape index (κ2) is 6.40. The number of benzene rings is 1. The fraction of sp³-hybridized carbons (Fsp3) is 0.600. The van der Waals surface area contributed by atoms with E-state index in [0.717, 1.165) is 28.8 Å². The van der Waals surface area contributed by atoms with Crippen molar-refractivity contribution in [2.75, 3.05) is 0 Å². The second-order valence-corrected chi connectivity index (χ2v) is 6.63. The molecular weight excluding hydrogens is 312 g/mol. The molecule has 1 saturated carbocycles. The number of halogens is 2. The molecule has 0 bridgehead atoms. The number of rotatable bonds is 3. The monoisotopic (exact) mass is 330 g/mol. The normalized spacial score (nSPS) is 26.0. The minimum absolute atomic E-state index is 0.363. The van der Waals surface area contributed by atoms with Gasteiger partial charge in [0.05, 0.1) is 6.10 Å². The van der Waals surface area contributed by atoms with E-state index in [1.54, 1.807) is 0 Å². The van der Waals surface area contributed by atoms with E-state index in [9.17, 15) is 5.11 Å². The molecule has 0 radical (unpaired) electrons. The van der Waals surface area contributed by atoms with Gasteiger partial charge in [-0.25, -0.2) is 0 Å². The van der Waals surface area contributed by atoms with Crippen LogP contribution in [-0.4, -0.2) is 5.11 Å². The average Bonchev–Trinajstić information content (AvgIpc) is 2.38. The summed E-state index contributed by atoms with van der Waals surface area (Å²) in [5.74, 6) is 1.13. The zero-order valence-corrected chi connectivity index (χ0v) is 13.0. The Kier molecular flexibility index (Phi) is 5.11. The lowest BCUT2D eigenvalue weighted by Crippen LogP contribution is -2.21. The Bertz CT molecular complexity index is 407. The summed E-state index contributed by atoms with van der Waals surface area (Å²) < 4.78 is 0.957. The van der Waals surface area contributed by atoms with E-state index in [1.165, 1.54) is 19.3 Å². The Morgan fingerprint density at radius 2 is 2.22 bits per heavy atom. The lowest BCUT2D eigenvalue weighted by Gasteiger charge is -2.32. The van der Waals surface area contributed by atoms with E-state index in [0.29, 0.717) is 10.9 Å². The molecule has 18 heavy (non-hydrogen) atoms. The van der Waals surface area contributed by atoms with Crippen LogP contribution in [0.1, 0.15) is 50.7 Å². The van der Waals surface area contributed by atoms with Crippen molar-refractivity contribution < 1.29 is 5.11 Å². The van der Waals surface area contributed by atoms with Gasteiger partial charge in [0.25, 0.3) is 0 Å². The van der Waals surface area contributed by atoms with Crippen LogP contribution in [0.3, 0.4) is 0 Å². The molecule has 1 aromatic rings. The van der Waals surface area contributed by atoms with Crippen LogP contribution in [0.25, 0.3) is 0 Å². The molecule has 1 fully saturated rings. The Labute approximate surface area is 123 Å². The van der Waals surface area contributed by atoms with Gasteiger partial charge >= 0.3 is 0 Å². The molecule has 0 amide bonds. The first-order valence-electron chi connectivity index (χ1n) is 6.74. The summed E-state index contributed by atoms with van der Waals surface area (Å²) in [6, 6.07) is 5.75. The Hall–Kier alpha value is -0.0500. The zero-order chi connectivity index (χ0) is 13.1. The minimum atomic E-state index is -0.417. The van der Waals surface area contributed by atoms with Gasteiger partial charge in [0, 0.05) is 9.50 Å². The van der Waals surface area contributed by atoms with E-state index >= 15 is 0 Å². The fourth-order valence-electron chi connectivity index (χ4n) is 2.99. The third-order valence-corrected chi connectivity index (χ3v) is 4.95. The highest BCUT2D eigenvalue weighted by Crippen LogP contribution is 2.40. The molecule has 3 atom stereocenters. The van der Waals surface area contributed by atoms with E-state index < -0.39 is 6.10 Å². The lowest BCUT2D eigenvalue weighted by molar-refractivity contribution is 0.0679. The van der Waals surface area contributed by atoms with Crippen LogP contribution in [0.4, 0.5) is 0 Å². The van der Waals surface area contributed by atoms with Crippen molar-refractivity contribution in [1.29, 1.82) is 0 Å². The third-order valence-electron chi connectivity index (χ3n) is 4.13. The van der Waals surface area contributed by atoms with Crippen LogP contribution in [0, 0.1) is 11.8 Å². The maximum atomic E-state index is 10.5. The van der Waals surface area contributed by atoms with E-state index in [-0.39, 0.29) is 0 Å². The second-order valence-electron chi connectivity index (χ2n) is 5.31. The molecule has 1 nitrogen and oxygen atoms in total. The van der Waals surface area contributed by atoms with Crippen molar-refractivity contribution in [2.45, 2.75) is 45.1 Å². The Morgan fingerprint density at radius 3 is 2.89 bits per heavy atom. The van der Waals surface area contributed by atoms with Crippen LogP contribution in [0.15, 0.2) is 22.7 Å². The summed E-state index contributed by atoms with van der Waals surface area (Å²) in [5.41, 5.74) is 0.876. The summed E-state index contributed by atoms with van der Waals surface area (Å²) in [7, 11) is 0. The molecule has 3 unspecified atom stereocenters. The number of aliphatic hydroxyl groups excluding tert-OH is 1. The van der Waals surface area contributed by atoms with Crippen molar-refractivity contribution in [1.82, 2.24) is 0 Å². The van der Waals surface area contributed by atoms with E-state index in [4.69, 9.17) is 11.6 Å². The van der Waals surface area contributed by atoms with Crippen molar-refractivity contribution in [3.8, 4) is 0 Å². The largest absolute Gasteiger partial charge is 0.388 e. The molecule has 2 rings (SSSR count). The molecule has 1 aliphatic carbocycles. The Balaban J connectivity index is 2.12.